The lowest BCUT2D eigenvalue weighted by atomic mass is 9.89. The van der Waals surface area contributed by atoms with Crippen molar-refractivity contribution in [3.8, 4) is 5.75 Å². The molecular weight excluding hydrogens is 508 g/mol. The van der Waals surface area contributed by atoms with Gasteiger partial charge in [-0.15, -0.1) is 0 Å². The molecule has 8 nitrogen and oxygen atoms in total. The molecule has 2 unspecified atom stereocenters. The van der Waals surface area contributed by atoms with Crippen LogP contribution in [0.15, 0.2) is 72.8 Å². The first-order valence-electron chi connectivity index (χ1n) is 12.3. The standard InChI is InChI=1S/C29H29ClN2O6/c1-18-15-27(32(19(2)33)22-11-9-21(30)10-12-22)25-5-3-4-6-26(25)31(18)29(37)20-7-13-24(14-8-20)38-17-23(34)16-28(35)36/h3-14,18,23,27,34H,15-17H2,1-2H3,(H,35,36)/t18?,23-,27?/m0/s1. The normalized spacial score (nSPS) is 17.3. The maximum absolute atomic E-state index is 13.7. The van der Waals surface area contributed by atoms with E-state index in [4.69, 9.17) is 21.4 Å². The highest BCUT2D eigenvalue weighted by atomic mass is 35.5. The van der Waals surface area contributed by atoms with Crippen molar-refractivity contribution in [2.24, 2.45) is 0 Å². The molecule has 3 aromatic carbocycles. The van der Waals surface area contributed by atoms with Gasteiger partial charge in [0.15, 0.2) is 0 Å². The summed E-state index contributed by atoms with van der Waals surface area (Å²) in [6, 6.07) is 20.8. The molecule has 0 fully saturated rings. The van der Waals surface area contributed by atoms with E-state index >= 15 is 0 Å². The molecule has 0 bridgehead atoms. The van der Waals surface area contributed by atoms with Crippen molar-refractivity contribution >= 4 is 40.8 Å². The molecule has 0 saturated heterocycles. The second-order valence-corrected chi connectivity index (χ2v) is 9.72. The van der Waals surface area contributed by atoms with Crippen molar-refractivity contribution in [2.75, 3.05) is 16.4 Å². The van der Waals surface area contributed by atoms with E-state index in [-0.39, 0.29) is 30.5 Å². The van der Waals surface area contributed by atoms with Crippen molar-refractivity contribution < 1.29 is 29.3 Å². The van der Waals surface area contributed by atoms with Crippen LogP contribution in [0, 0.1) is 0 Å². The smallest absolute Gasteiger partial charge is 0.306 e. The molecular formula is C29H29ClN2O6. The number of anilines is 2. The maximum Gasteiger partial charge on any atom is 0.306 e. The van der Waals surface area contributed by atoms with E-state index in [0.717, 1.165) is 16.9 Å². The molecule has 198 valence electrons. The zero-order valence-electron chi connectivity index (χ0n) is 21.1. The van der Waals surface area contributed by atoms with Gasteiger partial charge < -0.3 is 24.7 Å². The number of benzene rings is 3. The Kier molecular flexibility index (Phi) is 8.34. The summed E-state index contributed by atoms with van der Waals surface area (Å²) in [6.45, 7) is 3.32. The molecule has 9 heteroatoms. The van der Waals surface area contributed by atoms with Gasteiger partial charge in [0, 0.05) is 34.9 Å². The highest BCUT2D eigenvalue weighted by Gasteiger charge is 2.38. The zero-order chi connectivity index (χ0) is 27.4. The predicted octanol–water partition coefficient (Wildman–Crippen LogP) is 5.09. The number of amides is 2. The van der Waals surface area contributed by atoms with Gasteiger partial charge in [0.2, 0.25) is 5.91 Å². The number of carboxylic acid groups (broad SMARTS) is 1. The second kappa shape index (κ2) is 11.7. The van der Waals surface area contributed by atoms with Crippen molar-refractivity contribution in [3.63, 3.8) is 0 Å². The summed E-state index contributed by atoms with van der Waals surface area (Å²) in [4.78, 5) is 40.7. The number of aliphatic hydroxyl groups is 1. The van der Waals surface area contributed by atoms with Crippen LogP contribution >= 0.6 is 11.6 Å². The minimum atomic E-state index is -1.13. The molecule has 0 aromatic heterocycles. The molecule has 0 radical (unpaired) electrons. The molecule has 0 saturated carbocycles. The average Bonchev–Trinajstić information content (AvgIpc) is 2.88. The van der Waals surface area contributed by atoms with Gasteiger partial charge in [-0.25, -0.2) is 0 Å². The summed E-state index contributed by atoms with van der Waals surface area (Å²) in [5.41, 5.74) is 2.79. The van der Waals surface area contributed by atoms with Gasteiger partial charge in [-0.05, 0) is 73.5 Å². The van der Waals surface area contributed by atoms with Gasteiger partial charge in [0.1, 0.15) is 12.4 Å². The number of para-hydroxylation sites is 1. The topological polar surface area (TPSA) is 107 Å². The van der Waals surface area contributed by atoms with Gasteiger partial charge in [-0.3, -0.25) is 14.4 Å². The van der Waals surface area contributed by atoms with Crippen LogP contribution in [0.4, 0.5) is 11.4 Å². The Bertz CT molecular complexity index is 1310. The highest BCUT2D eigenvalue weighted by molar-refractivity contribution is 6.30. The third-order valence-corrected chi connectivity index (χ3v) is 6.74. The van der Waals surface area contributed by atoms with E-state index in [2.05, 4.69) is 0 Å². The lowest BCUT2D eigenvalue weighted by Crippen LogP contribution is -2.47. The third-order valence-electron chi connectivity index (χ3n) is 6.49. The monoisotopic (exact) mass is 536 g/mol. The van der Waals surface area contributed by atoms with Crippen molar-refractivity contribution in [1.82, 2.24) is 0 Å². The third kappa shape index (κ3) is 5.98. The Hall–Kier alpha value is -3.88. The van der Waals surface area contributed by atoms with Crippen LogP contribution in [-0.4, -0.2) is 46.7 Å². The van der Waals surface area contributed by atoms with Gasteiger partial charge in [0.25, 0.3) is 5.91 Å². The number of ether oxygens (including phenoxy) is 1. The van der Waals surface area contributed by atoms with E-state index in [9.17, 15) is 19.5 Å². The van der Waals surface area contributed by atoms with Crippen LogP contribution in [0.1, 0.15) is 48.7 Å². The minimum absolute atomic E-state index is 0.108. The fraction of sp³-hybridized carbons (Fsp3) is 0.276. The number of fused-ring (bicyclic) bond motifs is 1. The molecule has 2 amide bonds. The summed E-state index contributed by atoms with van der Waals surface area (Å²) in [7, 11) is 0. The van der Waals surface area contributed by atoms with Crippen molar-refractivity contribution in [3.05, 3.63) is 88.9 Å². The second-order valence-electron chi connectivity index (χ2n) is 9.29. The Morgan fingerprint density at radius 3 is 2.34 bits per heavy atom. The first-order valence-corrected chi connectivity index (χ1v) is 12.6. The van der Waals surface area contributed by atoms with Gasteiger partial charge in [0.05, 0.1) is 18.6 Å². The van der Waals surface area contributed by atoms with E-state index in [0.29, 0.717) is 22.8 Å². The number of halogens is 1. The molecule has 1 aliphatic rings. The first kappa shape index (κ1) is 27.2. The fourth-order valence-corrected chi connectivity index (χ4v) is 4.93. The van der Waals surface area contributed by atoms with Gasteiger partial charge in [-0.1, -0.05) is 29.8 Å². The summed E-state index contributed by atoms with van der Waals surface area (Å²) in [5.74, 6) is -0.997. The van der Waals surface area contributed by atoms with Crippen molar-refractivity contribution in [1.29, 1.82) is 0 Å². The number of aliphatic hydroxyl groups excluding tert-OH is 1. The number of hydrogen-bond acceptors (Lipinski definition) is 5. The first-order chi connectivity index (χ1) is 18.2. The maximum atomic E-state index is 13.7. The number of rotatable bonds is 8. The molecule has 4 rings (SSSR count). The Morgan fingerprint density at radius 2 is 1.71 bits per heavy atom. The van der Waals surface area contributed by atoms with Gasteiger partial charge >= 0.3 is 5.97 Å². The van der Waals surface area contributed by atoms with Crippen LogP contribution in [0.25, 0.3) is 0 Å². The fourth-order valence-electron chi connectivity index (χ4n) is 4.80. The Labute approximate surface area is 226 Å². The van der Waals surface area contributed by atoms with E-state index < -0.39 is 18.5 Å². The quantitative estimate of drug-likeness (QED) is 0.415. The van der Waals surface area contributed by atoms with Crippen LogP contribution in [0.2, 0.25) is 5.02 Å². The number of carboxylic acids is 1. The molecule has 3 atom stereocenters. The number of carbonyl (C=O) groups is 3. The SMILES string of the molecule is CC(=O)N(c1ccc(Cl)cc1)C1CC(C)N(C(=O)c2ccc(OC[C@@H](O)CC(=O)O)cc2)c2ccccc21. The summed E-state index contributed by atoms with van der Waals surface area (Å²) >= 11 is 6.07. The van der Waals surface area contributed by atoms with E-state index in [1.54, 1.807) is 46.2 Å². The van der Waals surface area contributed by atoms with Gasteiger partial charge in [-0.2, -0.15) is 0 Å². The van der Waals surface area contributed by atoms with Crippen LogP contribution in [-0.2, 0) is 9.59 Å². The van der Waals surface area contributed by atoms with Crippen LogP contribution < -0.4 is 14.5 Å². The molecule has 38 heavy (non-hydrogen) atoms. The zero-order valence-corrected chi connectivity index (χ0v) is 21.8. The molecule has 1 heterocycles. The number of nitrogens with zero attached hydrogens (tertiary/aromatic N) is 2. The van der Waals surface area contributed by atoms with E-state index in [1.807, 2.05) is 43.3 Å². The minimum Gasteiger partial charge on any atom is -0.491 e. The molecule has 0 spiro atoms. The van der Waals surface area contributed by atoms with Crippen LogP contribution in [0.5, 0.6) is 5.75 Å². The number of aliphatic carboxylic acids is 1. The summed E-state index contributed by atoms with van der Waals surface area (Å²) in [5, 5.41) is 19.0. The average molecular weight is 537 g/mol. The Morgan fingerprint density at radius 1 is 1.05 bits per heavy atom. The lowest BCUT2D eigenvalue weighted by molar-refractivity contribution is -0.139. The number of hydrogen-bond donors (Lipinski definition) is 2. The molecule has 3 aromatic rings. The molecule has 2 N–H and O–H groups in total. The predicted molar refractivity (Wildman–Crippen MR) is 145 cm³/mol. The largest absolute Gasteiger partial charge is 0.491 e. The summed E-state index contributed by atoms with van der Waals surface area (Å²) in [6.07, 6.45) is -1.01. The van der Waals surface area contributed by atoms with Crippen molar-refractivity contribution in [2.45, 2.75) is 44.9 Å². The number of carbonyl (C=O) groups excluding carboxylic acids is 2. The lowest BCUT2D eigenvalue weighted by Gasteiger charge is -2.43. The highest BCUT2D eigenvalue weighted by Crippen LogP contribution is 2.43. The van der Waals surface area contributed by atoms with Crippen LogP contribution in [0.3, 0.4) is 0 Å². The summed E-state index contributed by atoms with van der Waals surface area (Å²) < 4.78 is 5.45. The molecule has 0 aliphatic carbocycles. The molecule has 1 aliphatic heterocycles. The Balaban J connectivity index is 1.58. The van der Waals surface area contributed by atoms with E-state index in [1.165, 1.54) is 6.92 Å².